The molecule has 1 aliphatic heterocycles. The van der Waals surface area contributed by atoms with E-state index in [1.165, 1.54) is 0 Å². The van der Waals surface area contributed by atoms with Crippen LogP contribution in [0.2, 0.25) is 0 Å². The minimum Gasteiger partial charge on any atom is -0.379 e. The molecular weight excluding hydrogens is 472 g/mol. The predicted molar refractivity (Wildman–Crippen MR) is 129 cm³/mol. The summed E-state index contributed by atoms with van der Waals surface area (Å²) in [5, 5.41) is 7.08. The standard InChI is InChI=1S/C24H29BrN4O3/c25-21-10-6-7-19(17-21)18-27-28-24(31)22(29-13-15-32-16-14-29)11-4-5-12-26-23(30)20-8-2-1-3-9-20/h1-3,6-10,17-18,22H,4-5,11-16H2,(H,26,30)(H,28,31)/b27-18+/t22-/m1/s1. The molecule has 7 nitrogen and oxygen atoms in total. The summed E-state index contributed by atoms with van der Waals surface area (Å²) in [5.74, 6) is -0.193. The van der Waals surface area contributed by atoms with Crippen LogP contribution in [0.5, 0.6) is 0 Å². The van der Waals surface area contributed by atoms with Gasteiger partial charge in [0.1, 0.15) is 0 Å². The summed E-state index contributed by atoms with van der Waals surface area (Å²) in [6.07, 6.45) is 3.95. The first-order valence-corrected chi connectivity index (χ1v) is 11.7. The Morgan fingerprint density at radius 1 is 1.09 bits per heavy atom. The molecule has 8 heteroatoms. The van der Waals surface area contributed by atoms with Crippen molar-refractivity contribution in [3.8, 4) is 0 Å². The molecule has 32 heavy (non-hydrogen) atoms. The van der Waals surface area contributed by atoms with Gasteiger partial charge in [-0.1, -0.05) is 46.3 Å². The Morgan fingerprint density at radius 2 is 1.88 bits per heavy atom. The molecule has 1 fully saturated rings. The number of carbonyl (C=O) groups excluding carboxylic acids is 2. The molecule has 2 aromatic rings. The van der Waals surface area contributed by atoms with E-state index in [2.05, 4.69) is 36.7 Å². The summed E-state index contributed by atoms with van der Waals surface area (Å²) in [6.45, 7) is 3.26. The van der Waals surface area contributed by atoms with Gasteiger partial charge in [0, 0.05) is 29.7 Å². The van der Waals surface area contributed by atoms with Crippen LogP contribution in [0.15, 0.2) is 64.2 Å². The number of unbranched alkanes of at least 4 members (excludes halogenated alkanes) is 1. The fourth-order valence-electron chi connectivity index (χ4n) is 3.56. The highest BCUT2D eigenvalue weighted by molar-refractivity contribution is 9.10. The van der Waals surface area contributed by atoms with Crippen molar-refractivity contribution in [2.24, 2.45) is 5.10 Å². The van der Waals surface area contributed by atoms with E-state index >= 15 is 0 Å². The van der Waals surface area contributed by atoms with Crippen LogP contribution in [0.1, 0.15) is 35.2 Å². The number of nitrogens with one attached hydrogen (secondary N) is 2. The molecule has 3 rings (SSSR count). The number of hydrazone groups is 1. The molecule has 1 atom stereocenters. The summed E-state index contributed by atoms with van der Waals surface area (Å²) < 4.78 is 6.39. The maximum absolute atomic E-state index is 12.9. The monoisotopic (exact) mass is 500 g/mol. The molecule has 0 bridgehead atoms. The van der Waals surface area contributed by atoms with Crippen molar-refractivity contribution in [1.82, 2.24) is 15.6 Å². The zero-order chi connectivity index (χ0) is 22.6. The minimum atomic E-state index is -0.275. The molecule has 1 heterocycles. The Kier molecular flexibility index (Phi) is 9.87. The minimum absolute atomic E-state index is 0.0741. The first-order valence-electron chi connectivity index (χ1n) is 10.9. The largest absolute Gasteiger partial charge is 0.379 e. The Labute approximate surface area is 197 Å². The van der Waals surface area contributed by atoms with Crippen molar-refractivity contribution in [1.29, 1.82) is 0 Å². The number of halogens is 1. The van der Waals surface area contributed by atoms with E-state index in [9.17, 15) is 9.59 Å². The zero-order valence-electron chi connectivity index (χ0n) is 18.0. The first-order chi connectivity index (χ1) is 15.6. The number of hydrogen-bond donors (Lipinski definition) is 2. The van der Waals surface area contributed by atoms with Gasteiger partial charge in [0.25, 0.3) is 11.8 Å². The highest BCUT2D eigenvalue weighted by Crippen LogP contribution is 2.13. The molecule has 0 aromatic heterocycles. The van der Waals surface area contributed by atoms with Gasteiger partial charge >= 0.3 is 0 Å². The third-order valence-corrected chi connectivity index (χ3v) is 5.75. The maximum Gasteiger partial charge on any atom is 0.257 e. The molecule has 0 saturated carbocycles. The molecule has 1 aliphatic rings. The molecular formula is C24H29BrN4O3. The van der Waals surface area contributed by atoms with E-state index in [0.29, 0.717) is 31.7 Å². The molecule has 2 aromatic carbocycles. The highest BCUT2D eigenvalue weighted by Gasteiger charge is 2.26. The van der Waals surface area contributed by atoms with E-state index in [-0.39, 0.29) is 17.9 Å². The van der Waals surface area contributed by atoms with Crippen LogP contribution in [0, 0.1) is 0 Å². The SMILES string of the molecule is O=C(NCCCC[C@H](C(=O)N/N=C/c1cccc(Br)c1)N1CCOCC1)c1ccccc1. The number of hydrogen-bond acceptors (Lipinski definition) is 5. The zero-order valence-corrected chi connectivity index (χ0v) is 19.6. The summed E-state index contributed by atoms with van der Waals surface area (Å²) in [4.78, 5) is 27.2. The lowest BCUT2D eigenvalue weighted by atomic mass is 10.1. The lowest BCUT2D eigenvalue weighted by Crippen LogP contribution is -2.50. The highest BCUT2D eigenvalue weighted by atomic mass is 79.9. The second-order valence-electron chi connectivity index (χ2n) is 7.57. The topological polar surface area (TPSA) is 83.0 Å². The molecule has 0 spiro atoms. The number of nitrogens with zero attached hydrogens (tertiary/aromatic N) is 2. The Hall–Kier alpha value is -2.55. The average molecular weight is 501 g/mol. The predicted octanol–water partition coefficient (Wildman–Crippen LogP) is 3.20. The molecule has 2 amide bonds. The maximum atomic E-state index is 12.9. The Balaban J connectivity index is 1.47. The lowest BCUT2D eigenvalue weighted by Gasteiger charge is -2.33. The normalized spacial score (nSPS) is 15.4. The van der Waals surface area contributed by atoms with E-state index in [0.717, 1.165) is 36.0 Å². The van der Waals surface area contributed by atoms with Gasteiger partial charge in [-0.25, -0.2) is 5.43 Å². The molecule has 1 saturated heterocycles. The third-order valence-electron chi connectivity index (χ3n) is 5.25. The van der Waals surface area contributed by atoms with Crippen LogP contribution in [0.4, 0.5) is 0 Å². The molecule has 2 N–H and O–H groups in total. The smallest absolute Gasteiger partial charge is 0.257 e. The van der Waals surface area contributed by atoms with Crippen molar-refractivity contribution < 1.29 is 14.3 Å². The average Bonchev–Trinajstić information content (AvgIpc) is 2.82. The summed E-state index contributed by atoms with van der Waals surface area (Å²) in [7, 11) is 0. The number of rotatable bonds is 10. The number of benzene rings is 2. The van der Waals surface area contributed by atoms with Gasteiger partial charge in [0.05, 0.1) is 25.5 Å². The van der Waals surface area contributed by atoms with E-state index in [1.54, 1.807) is 18.3 Å². The van der Waals surface area contributed by atoms with Gasteiger partial charge in [-0.15, -0.1) is 0 Å². The fourth-order valence-corrected chi connectivity index (χ4v) is 3.97. The van der Waals surface area contributed by atoms with Crippen LogP contribution in [-0.4, -0.2) is 61.8 Å². The lowest BCUT2D eigenvalue weighted by molar-refractivity contribution is -0.128. The van der Waals surface area contributed by atoms with Gasteiger partial charge in [-0.2, -0.15) is 5.10 Å². The molecule has 0 radical (unpaired) electrons. The van der Waals surface area contributed by atoms with Gasteiger partial charge in [-0.3, -0.25) is 14.5 Å². The second-order valence-corrected chi connectivity index (χ2v) is 8.49. The molecule has 170 valence electrons. The van der Waals surface area contributed by atoms with Crippen molar-refractivity contribution in [2.75, 3.05) is 32.8 Å². The number of morpholine rings is 1. The van der Waals surface area contributed by atoms with Gasteiger partial charge < -0.3 is 10.1 Å². The van der Waals surface area contributed by atoms with Crippen LogP contribution in [0.25, 0.3) is 0 Å². The fraction of sp³-hybridized carbons (Fsp3) is 0.375. The van der Waals surface area contributed by atoms with E-state index < -0.39 is 0 Å². The van der Waals surface area contributed by atoms with Crippen LogP contribution >= 0.6 is 15.9 Å². The van der Waals surface area contributed by atoms with Gasteiger partial charge in [0.2, 0.25) is 0 Å². The summed E-state index contributed by atoms with van der Waals surface area (Å²) in [5.41, 5.74) is 4.25. The number of amides is 2. The van der Waals surface area contributed by atoms with Crippen molar-refractivity contribution in [2.45, 2.75) is 25.3 Å². The summed E-state index contributed by atoms with van der Waals surface area (Å²) >= 11 is 3.43. The van der Waals surface area contributed by atoms with Crippen LogP contribution < -0.4 is 10.7 Å². The van der Waals surface area contributed by atoms with Crippen LogP contribution in [0.3, 0.4) is 0 Å². The Bertz CT molecular complexity index is 901. The molecule has 0 aliphatic carbocycles. The third kappa shape index (κ3) is 7.85. The van der Waals surface area contributed by atoms with Gasteiger partial charge in [0.15, 0.2) is 0 Å². The van der Waals surface area contributed by atoms with Gasteiger partial charge in [-0.05, 0) is 49.1 Å². The first kappa shape index (κ1) is 24.1. The molecule has 0 unspecified atom stereocenters. The van der Waals surface area contributed by atoms with E-state index in [4.69, 9.17) is 4.74 Å². The second kappa shape index (κ2) is 13.1. The van der Waals surface area contributed by atoms with Crippen LogP contribution in [-0.2, 0) is 9.53 Å². The van der Waals surface area contributed by atoms with Crippen molar-refractivity contribution >= 4 is 34.0 Å². The Morgan fingerprint density at radius 3 is 2.62 bits per heavy atom. The van der Waals surface area contributed by atoms with Crippen molar-refractivity contribution in [3.05, 3.63) is 70.2 Å². The van der Waals surface area contributed by atoms with E-state index in [1.807, 2.05) is 42.5 Å². The number of ether oxygens (including phenoxy) is 1. The van der Waals surface area contributed by atoms with Crippen molar-refractivity contribution in [3.63, 3.8) is 0 Å². The number of carbonyl (C=O) groups is 2. The summed E-state index contributed by atoms with van der Waals surface area (Å²) in [6, 6.07) is 16.6. The quantitative estimate of drug-likeness (QED) is 0.298.